The first-order chi connectivity index (χ1) is 9.01. The summed E-state index contributed by atoms with van der Waals surface area (Å²) in [5.41, 5.74) is 5.98. The van der Waals surface area contributed by atoms with Gasteiger partial charge in [0.25, 0.3) is 5.91 Å². The van der Waals surface area contributed by atoms with Crippen molar-refractivity contribution in [2.45, 2.75) is 19.4 Å². The number of rotatable bonds is 2. The van der Waals surface area contributed by atoms with Crippen molar-refractivity contribution in [3.8, 4) is 0 Å². The summed E-state index contributed by atoms with van der Waals surface area (Å²) in [6.07, 6.45) is 1.73. The number of pyridine rings is 1. The molecule has 0 bridgehead atoms. The van der Waals surface area contributed by atoms with E-state index in [1.807, 2.05) is 0 Å². The van der Waals surface area contributed by atoms with Gasteiger partial charge < -0.3 is 16.0 Å². The first-order valence-electron chi connectivity index (χ1n) is 6.75. The number of aromatic nitrogens is 1. The van der Waals surface area contributed by atoms with Crippen LogP contribution in [0.1, 0.15) is 24.2 Å². The van der Waals surface area contributed by atoms with E-state index >= 15 is 0 Å². The summed E-state index contributed by atoms with van der Waals surface area (Å²) in [7, 11) is 0. The zero-order valence-corrected chi connectivity index (χ0v) is 11.4. The van der Waals surface area contributed by atoms with Crippen LogP contribution in [0, 0.1) is 11.8 Å². The van der Waals surface area contributed by atoms with E-state index in [4.69, 9.17) is 5.73 Å². The van der Waals surface area contributed by atoms with Gasteiger partial charge in [-0.25, -0.2) is 4.98 Å². The molecule has 1 aromatic rings. The third-order valence-corrected chi connectivity index (χ3v) is 4.67. The largest absolute Gasteiger partial charge is 0.365 e. The number of nitrogens with zero attached hydrogens (tertiary/aromatic N) is 2. The maximum absolute atomic E-state index is 11.6. The fourth-order valence-electron chi connectivity index (χ4n) is 3.59. The van der Waals surface area contributed by atoms with Crippen LogP contribution in [0.2, 0.25) is 0 Å². The lowest BCUT2D eigenvalue weighted by molar-refractivity contribution is 0.100. The number of nitrogens with one attached hydrogen (secondary N) is 1. The number of anilines is 1. The number of primary amides is 1. The van der Waals surface area contributed by atoms with Gasteiger partial charge in [0, 0.05) is 31.4 Å². The van der Waals surface area contributed by atoms with Crippen LogP contribution in [0.3, 0.4) is 0 Å². The van der Waals surface area contributed by atoms with Gasteiger partial charge in [-0.05, 0) is 37.8 Å². The van der Waals surface area contributed by atoms with Crippen LogP contribution in [-0.4, -0.2) is 36.1 Å². The second kappa shape index (κ2) is 4.20. The Morgan fingerprint density at radius 1 is 1.53 bits per heavy atom. The maximum Gasteiger partial charge on any atom is 0.252 e. The van der Waals surface area contributed by atoms with E-state index in [1.165, 1.54) is 0 Å². The van der Waals surface area contributed by atoms with E-state index in [0.717, 1.165) is 25.5 Å². The SMILES string of the molecule is CC1(C)C2CNCC2CN1c1ncccc1C(N)=O. The molecule has 2 saturated heterocycles. The van der Waals surface area contributed by atoms with E-state index in [1.54, 1.807) is 18.3 Å². The second-order valence-corrected chi connectivity index (χ2v) is 6.03. The quantitative estimate of drug-likeness (QED) is 0.817. The summed E-state index contributed by atoms with van der Waals surface area (Å²) >= 11 is 0. The van der Waals surface area contributed by atoms with Crippen molar-refractivity contribution >= 4 is 11.7 Å². The summed E-state index contributed by atoms with van der Waals surface area (Å²) < 4.78 is 0. The molecule has 102 valence electrons. The molecule has 2 fully saturated rings. The predicted molar refractivity (Wildman–Crippen MR) is 74.0 cm³/mol. The van der Waals surface area contributed by atoms with Gasteiger partial charge in [-0.3, -0.25) is 4.79 Å². The average molecular weight is 260 g/mol. The molecular weight excluding hydrogens is 240 g/mol. The van der Waals surface area contributed by atoms with Gasteiger partial charge in [-0.2, -0.15) is 0 Å². The third kappa shape index (κ3) is 1.80. The van der Waals surface area contributed by atoms with Crippen molar-refractivity contribution in [2.24, 2.45) is 17.6 Å². The minimum atomic E-state index is -0.408. The van der Waals surface area contributed by atoms with Gasteiger partial charge in [-0.15, -0.1) is 0 Å². The van der Waals surface area contributed by atoms with E-state index in [2.05, 4.69) is 29.0 Å². The first kappa shape index (κ1) is 12.4. The lowest BCUT2D eigenvalue weighted by Gasteiger charge is -2.37. The van der Waals surface area contributed by atoms with E-state index in [-0.39, 0.29) is 5.54 Å². The van der Waals surface area contributed by atoms with Crippen LogP contribution in [0.4, 0.5) is 5.82 Å². The predicted octanol–water partition coefficient (Wildman–Crippen LogP) is 0.615. The Morgan fingerprint density at radius 2 is 2.32 bits per heavy atom. The van der Waals surface area contributed by atoms with Crippen molar-refractivity contribution in [2.75, 3.05) is 24.5 Å². The summed E-state index contributed by atoms with van der Waals surface area (Å²) in [6, 6.07) is 3.52. The Morgan fingerprint density at radius 3 is 3.00 bits per heavy atom. The molecule has 0 aliphatic carbocycles. The highest BCUT2D eigenvalue weighted by atomic mass is 16.1. The van der Waals surface area contributed by atoms with Gasteiger partial charge in [0.2, 0.25) is 0 Å². The van der Waals surface area contributed by atoms with Crippen LogP contribution in [-0.2, 0) is 0 Å². The molecule has 19 heavy (non-hydrogen) atoms. The number of fused-ring (bicyclic) bond motifs is 1. The molecule has 0 saturated carbocycles. The Bertz CT molecular complexity index is 514. The fraction of sp³-hybridized carbons (Fsp3) is 0.571. The summed E-state index contributed by atoms with van der Waals surface area (Å²) in [5.74, 6) is 1.54. The molecule has 3 heterocycles. The Hall–Kier alpha value is -1.62. The normalized spacial score (nSPS) is 28.4. The van der Waals surface area contributed by atoms with Gasteiger partial charge in [0.15, 0.2) is 0 Å². The lowest BCUT2D eigenvalue weighted by Crippen LogP contribution is -2.45. The highest BCUT2D eigenvalue weighted by Gasteiger charge is 2.50. The minimum absolute atomic E-state index is 0.00722. The summed E-state index contributed by atoms with van der Waals surface area (Å²) in [5, 5.41) is 3.45. The number of hydrogen-bond donors (Lipinski definition) is 2. The Kier molecular flexibility index (Phi) is 2.74. The van der Waals surface area contributed by atoms with Crippen molar-refractivity contribution in [1.29, 1.82) is 0 Å². The Labute approximate surface area is 113 Å². The molecule has 5 heteroatoms. The van der Waals surface area contributed by atoms with Crippen molar-refractivity contribution in [1.82, 2.24) is 10.3 Å². The monoisotopic (exact) mass is 260 g/mol. The molecule has 3 N–H and O–H groups in total. The molecule has 2 atom stereocenters. The van der Waals surface area contributed by atoms with E-state index < -0.39 is 5.91 Å². The van der Waals surface area contributed by atoms with Crippen LogP contribution in [0.15, 0.2) is 18.3 Å². The van der Waals surface area contributed by atoms with E-state index in [0.29, 0.717) is 17.4 Å². The highest BCUT2D eigenvalue weighted by Crippen LogP contribution is 2.43. The molecule has 0 radical (unpaired) electrons. The summed E-state index contributed by atoms with van der Waals surface area (Å²) in [4.78, 5) is 18.2. The van der Waals surface area contributed by atoms with Gasteiger partial charge in [0.05, 0.1) is 5.56 Å². The fourth-order valence-corrected chi connectivity index (χ4v) is 3.59. The molecule has 1 aromatic heterocycles. The number of hydrogen-bond acceptors (Lipinski definition) is 4. The number of nitrogens with two attached hydrogens (primary N) is 1. The third-order valence-electron chi connectivity index (χ3n) is 4.67. The second-order valence-electron chi connectivity index (χ2n) is 6.03. The first-order valence-corrected chi connectivity index (χ1v) is 6.75. The number of carbonyl (C=O) groups excluding carboxylic acids is 1. The number of amides is 1. The van der Waals surface area contributed by atoms with Crippen LogP contribution >= 0.6 is 0 Å². The molecule has 0 aromatic carbocycles. The minimum Gasteiger partial charge on any atom is -0.365 e. The number of carbonyl (C=O) groups is 1. The zero-order chi connectivity index (χ0) is 13.6. The average Bonchev–Trinajstić information content (AvgIpc) is 2.92. The smallest absolute Gasteiger partial charge is 0.252 e. The molecule has 0 spiro atoms. The summed E-state index contributed by atoms with van der Waals surface area (Å²) in [6.45, 7) is 7.46. The lowest BCUT2D eigenvalue weighted by atomic mass is 9.85. The topological polar surface area (TPSA) is 71.2 Å². The van der Waals surface area contributed by atoms with Crippen LogP contribution < -0.4 is 16.0 Å². The molecule has 2 aliphatic heterocycles. The van der Waals surface area contributed by atoms with Crippen LogP contribution in [0.25, 0.3) is 0 Å². The van der Waals surface area contributed by atoms with E-state index in [9.17, 15) is 4.79 Å². The molecule has 3 rings (SSSR count). The molecule has 1 amide bonds. The molecular formula is C14H20N4O. The molecule has 2 aliphatic rings. The van der Waals surface area contributed by atoms with Crippen molar-refractivity contribution < 1.29 is 4.79 Å². The Balaban J connectivity index is 2.01. The zero-order valence-electron chi connectivity index (χ0n) is 11.4. The van der Waals surface area contributed by atoms with Gasteiger partial charge in [-0.1, -0.05) is 0 Å². The van der Waals surface area contributed by atoms with Crippen molar-refractivity contribution in [3.05, 3.63) is 23.9 Å². The van der Waals surface area contributed by atoms with Crippen LogP contribution in [0.5, 0.6) is 0 Å². The highest BCUT2D eigenvalue weighted by molar-refractivity contribution is 5.97. The standard InChI is InChI=1S/C14H20N4O/c1-14(2)11-7-16-6-9(11)8-18(14)13-10(12(15)19)4-3-5-17-13/h3-5,9,11,16H,6-8H2,1-2H3,(H2,15,19). The van der Waals surface area contributed by atoms with Gasteiger partial charge in [0.1, 0.15) is 5.82 Å². The van der Waals surface area contributed by atoms with Crippen molar-refractivity contribution in [3.63, 3.8) is 0 Å². The maximum atomic E-state index is 11.6. The van der Waals surface area contributed by atoms with Gasteiger partial charge >= 0.3 is 0 Å². The molecule has 5 nitrogen and oxygen atoms in total. The molecule has 2 unspecified atom stereocenters.